The minimum Gasteiger partial charge on any atom is -0.458 e. The molecule has 0 bridgehead atoms. The van der Waals surface area contributed by atoms with Gasteiger partial charge in [0.2, 0.25) is 5.91 Å². The van der Waals surface area contributed by atoms with Crippen molar-refractivity contribution in [3.63, 3.8) is 0 Å². The summed E-state index contributed by atoms with van der Waals surface area (Å²) in [6, 6.07) is 2.34. The first kappa shape index (κ1) is 52.8. The zero-order chi connectivity index (χ0) is 49.5. The van der Waals surface area contributed by atoms with E-state index in [9.17, 15) is 34.2 Å². The number of fused-ring (bicyclic) bond motifs is 5. The maximum atomic E-state index is 15.3. The van der Waals surface area contributed by atoms with Crippen LogP contribution in [0.5, 0.6) is 0 Å². The summed E-state index contributed by atoms with van der Waals surface area (Å²) in [7, 11) is 0. The van der Waals surface area contributed by atoms with E-state index in [0.29, 0.717) is 97.1 Å². The van der Waals surface area contributed by atoms with E-state index in [1.54, 1.807) is 26.0 Å². The van der Waals surface area contributed by atoms with E-state index < -0.39 is 46.6 Å². The number of benzene rings is 1. The Morgan fingerprint density at radius 1 is 1.03 bits per heavy atom. The summed E-state index contributed by atoms with van der Waals surface area (Å²) < 4.78 is 33.3. The first-order valence-electron chi connectivity index (χ1n) is 24.0. The van der Waals surface area contributed by atoms with Crippen LogP contribution in [-0.2, 0) is 53.8 Å². The first-order chi connectivity index (χ1) is 31.6. The van der Waals surface area contributed by atoms with Crippen molar-refractivity contribution in [2.45, 2.75) is 188 Å². The van der Waals surface area contributed by atoms with E-state index in [-0.39, 0.29) is 67.0 Å². The lowest BCUT2D eigenvalue weighted by molar-refractivity contribution is -0.172. The number of carbonyl (C=O) groups is 4. The summed E-state index contributed by atoms with van der Waals surface area (Å²) in [6.45, 7) is 19.9. The number of allylic oxidation sites excluding steroid dienone is 1. The maximum Gasteiger partial charge on any atom is 0.412 e. The molecular formula is C51H72FN5O10. The lowest BCUT2D eigenvalue weighted by Crippen LogP contribution is -2.47. The number of ether oxygens (including phenoxy) is 3. The van der Waals surface area contributed by atoms with Gasteiger partial charge in [-0.05, 0) is 128 Å². The number of esters is 1. The molecule has 368 valence electrons. The molecule has 67 heavy (non-hydrogen) atoms. The molecule has 2 aromatic heterocycles. The number of unbranched alkanes of at least 4 members (excludes halogenated alkanes) is 2. The highest BCUT2D eigenvalue weighted by molar-refractivity contribution is 5.94. The number of rotatable bonds is 19. The quantitative estimate of drug-likeness (QED) is 0.0347. The van der Waals surface area contributed by atoms with E-state index in [0.717, 1.165) is 12.0 Å². The highest BCUT2D eigenvalue weighted by Crippen LogP contribution is 2.46. The molecule has 3 aliphatic rings. The van der Waals surface area contributed by atoms with Gasteiger partial charge in [-0.15, -0.1) is 0 Å². The van der Waals surface area contributed by atoms with E-state index in [4.69, 9.17) is 19.2 Å². The van der Waals surface area contributed by atoms with E-state index >= 15 is 4.39 Å². The number of pyridine rings is 2. The Hall–Kier alpha value is -5.19. The van der Waals surface area contributed by atoms with Crippen molar-refractivity contribution < 1.29 is 48.0 Å². The third-order valence-corrected chi connectivity index (χ3v) is 12.9. The molecule has 6 rings (SSSR count). The predicted molar refractivity (Wildman–Crippen MR) is 253 cm³/mol. The van der Waals surface area contributed by atoms with Crippen LogP contribution in [-0.4, -0.2) is 73.5 Å². The number of cyclic esters (lactones) is 1. The fraction of sp³-hybridized carbons (Fsp3) is 0.608. The molecular weight excluding hydrogens is 862 g/mol. The van der Waals surface area contributed by atoms with Gasteiger partial charge < -0.3 is 44.9 Å². The van der Waals surface area contributed by atoms with Crippen LogP contribution in [0.3, 0.4) is 0 Å². The molecule has 5 N–H and O–H groups in total. The lowest BCUT2D eigenvalue weighted by Gasteiger charge is -2.31. The number of hydrogen-bond acceptors (Lipinski definition) is 11. The normalized spacial score (nSPS) is 18.2. The molecule has 0 saturated heterocycles. The van der Waals surface area contributed by atoms with E-state index in [2.05, 4.69) is 16.0 Å². The number of carbonyl (C=O) groups excluding carboxylic acids is 4. The van der Waals surface area contributed by atoms with Gasteiger partial charge in [-0.2, -0.15) is 0 Å². The standard InChI is InChI=1S/C49H66FN5O10.C2H6/c1-9-19-48(61,43(58)51-22-14-11-12-16-38(56)54-47(7,8)21-24-65-46(4,5)6)20-13-15-23-63-45(60)53-35-18-17-30-29(3)34(50)26-36-39(30)40(35)31-27-55-37(41(31)52-36)25-33-32(42(55)57)28-64-44(59)49(33,62)10-2;1-2/h15,23,25-26,35,61-62H,9-14,16-22,24,27-28H2,1-8H3,(H,51,58)(H,53,60)(H,54,56);1-2H3/b23-15+;/t35?,48-,49+;/m1./s1. The number of aliphatic hydroxyl groups is 2. The first-order valence-corrected chi connectivity index (χ1v) is 24.0. The van der Waals surface area contributed by atoms with Gasteiger partial charge in [0, 0.05) is 47.7 Å². The molecule has 0 radical (unpaired) electrons. The van der Waals surface area contributed by atoms with E-state index in [1.165, 1.54) is 16.9 Å². The van der Waals surface area contributed by atoms with Crippen molar-refractivity contribution in [2.75, 3.05) is 13.2 Å². The topological polar surface area (TPSA) is 207 Å². The van der Waals surface area contributed by atoms with Crippen molar-refractivity contribution in [3.05, 3.63) is 74.0 Å². The second kappa shape index (κ2) is 21.8. The maximum absolute atomic E-state index is 15.3. The van der Waals surface area contributed by atoms with Crippen LogP contribution in [0.2, 0.25) is 0 Å². The zero-order valence-corrected chi connectivity index (χ0v) is 41.1. The van der Waals surface area contributed by atoms with Crippen LogP contribution in [0.4, 0.5) is 9.18 Å². The summed E-state index contributed by atoms with van der Waals surface area (Å²) >= 11 is 0. The molecule has 16 heteroatoms. The Bertz CT molecular complexity index is 2420. The average molecular weight is 934 g/mol. The van der Waals surface area contributed by atoms with Crippen LogP contribution in [0.15, 0.2) is 29.3 Å². The Morgan fingerprint density at radius 3 is 2.45 bits per heavy atom. The Kier molecular flexibility index (Phi) is 17.2. The van der Waals surface area contributed by atoms with Crippen molar-refractivity contribution in [1.82, 2.24) is 25.5 Å². The summed E-state index contributed by atoms with van der Waals surface area (Å²) in [5.41, 5.74) is -0.670. The third kappa shape index (κ3) is 11.9. The summed E-state index contributed by atoms with van der Waals surface area (Å²) in [5.74, 6) is -1.77. The fourth-order valence-corrected chi connectivity index (χ4v) is 9.21. The molecule has 1 aliphatic carbocycles. The van der Waals surface area contributed by atoms with Gasteiger partial charge >= 0.3 is 12.1 Å². The number of aryl methyl sites for hydroxylation is 1. The molecule has 0 fully saturated rings. The molecule has 4 heterocycles. The molecule has 1 aromatic carbocycles. The number of nitrogens with zero attached hydrogens (tertiary/aromatic N) is 2. The second-order valence-electron chi connectivity index (χ2n) is 19.4. The fourth-order valence-electron chi connectivity index (χ4n) is 9.21. The van der Waals surface area contributed by atoms with Crippen molar-refractivity contribution in [3.8, 4) is 11.4 Å². The van der Waals surface area contributed by atoms with Gasteiger partial charge in [-0.1, -0.05) is 40.5 Å². The van der Waals surface area contributed by atoms with Crippen LogP contribution < -0.4 is 21.5 Å². The Morgan fingerprint density at radius 2 is 1.76 bits per heavy atom. The predicted octanol–water partition coefficient (Wildman–Crippen LogP) is 7.87. The molecule has 2 aliphatic heterocycles. The number of aromatic nitrogens is 2. The number of hydrogen-bond donors (Lipinski definition) is 5. The second-order valence-corrected chi connectivity index (χ2v) is 19.4. The van der Waals surface area contributed by atoms with Crippen LogP contribution in [0.25, 0.3) is 22.3 Å². The third-order valence-electron chi connectivity index (χ3n) is 12.9. The largest absolute Gasteiger partial charge is 0.458 e. The molecule has 3 aromatic rings. The monoisotopic (exact) mass is 934 g/mol. The minimum absolute atomic E-state index is 0.0179. The summed E-state index contributed by atoms with van der Waals surface area (Å²) in [5, 5.41) is 32.3. The summed E-state index contributed by atoms with van der Waals surface area (Å²) in [6.07, 6.45) is 7.13. The van der Waals surface area contributed by atoms with Crippen LogP contribution in [0.1, 0.15) is 172 Å². The van der Waals surface area contributed by atoms with Crippen LogP contribution in [0, 0.1) is 12.7 Å². The minimum atomic E-state index is -2.02. The number of amides is 3. The highest BCUT2D eigenvalue weighted by Gasteiger charge is 2.46. The molecule has 0 saturated carbocycles. The summed E-state index contributed by atoms with van der Waals surface area (Å²) in [4.78, 5) is 70.5. The van der Waals surface area contributed by atoms with E-state index in [1.807, 2.05) is 55.4 Å². The lowest BCUT2D eigenvalue weighted by atomic mass is 9.81. The average Bonchev–Trinajstić information content (AvgIpc) is 3.64. The van der Waals surface area contributed by atoms with Crippen molar-refractivity contribution in [2.24, 2.45) is 0 Å². The molecule has 1 unspecified atom stereocenters. The van der Waals surface area contributed by atoms with Gasteiger partial charge in [0.05, 0.1) is 46.9 Å². The molecule has 15 nitrogen and oxygen atoms in total. The zero-order valence-electron chi connectivity index (χ0n) is 41.1. The van der Waals surface area contributed by atoms with Gasteiger partial charge in [0.1, 0.15) is 18.0 Å². The smallest absolute Gasteiger partial charge is 0.412 e. The van der Waals surface area contributed by atoms with Gasteiger partial charge in [-0.25, -0.2) is 19.0 Å². The van der Waals surface area contributed by atoms with Gasteiger partial charge in [0.25, 0.3) is 11.5 Å². The number of alkyl carbamates (subject to hydrolysis) is 1. The Balaban J connectivity index is 0.00000414. The molecule has 3 atom stereocenters. The van der Waals surface area contributed by atoms with Crippen LogP contribution >= 0.6 is 0 Å². The van der Waals surface area contributed by atoms with Crippen molar-refractivity contribution in [1.29, 1.82) is 0 Å². The van der Waals surface area contributed by atoms with Gasteiger partial charge in [-0.3, -0.25) is 14.4 Å². The Labute approximate surface area is 393 Å². The highest BCUT2D eigenvalue weighted by atomic mass is 19.1. The molecule has 3 amide bonds. The molecule has 0 spiro atoms. The number of halogens is 1. The van der Waals surface area contributed by atoms with Gasteiger partial charge in [0.15, 0.2) is 5.60 Å². The van der Waals surface area contributed by atoms with Crippen molar-refractivity contribution >= 4 is 34.8 Å². The number of nitrogens with one attached hydrogen (secondary N) is 3. The SMILES string of the molecule is CC.CCC[C@@](O)(CC/C=C/OC(=O)NC1CCc2c(C)c(F)cc3nc4c(c1c23)Cn1c-4cc2c(c1=O)COC(=O)[C@]2(O)CC)C(=O)NCCCCCC(=O)NC(C)(C)CCOC(C)(C)C.